The van der Waals surface area contributed by atoms with Gasteiger partial charge in [0.1, 0.15) is 0 Å². The second kappa shape index (κ2) is 12.8. The molecule has 0 saturated carbocycles. The van der Waals surface area contributed by atoms with E-state index in [1.807, 2.05) is 36.4 Å². The number of para-hydroxylation sites is 2. The first-order valence-corrected chi connectivity index (χ1v) is 17.8. The van der Waals surface area contributed by atoms with Gasteiger partial charge in [0.2, 0.25) is 0 Å². The highest BCUT2D eigenvalue weighted by Gasteiger charge is 2.19. The Morgan fingerprint density at radius 2 is 0.774 bits per heavy atom. The summed E-state index contributed by atoms with van der Waals surface area (Å²) in [4.78, 5) is 2.33. The lowest BCUT2D eigenvalue weighted by molar-refractivity contribution is 1.07. The number of nitrogens with zero attached hydrogens (tertiary/aromatic N) is 5. The van der Waals surface area contributed by atoms with Crippen LogP contribution in [0.5, 0.6) is 0 Å². The van der Waals surface area contributed by atoms with Gasteiger partial charge in [0, 0.05) is 50.3 Å². The second-order valence-electron chi connectivity index (χ2n) is 13.2. The normalized spacial score (nSPS) is 11.4. The summed E-state index contributed by atoms with van der Waals surface area (Å²) in [5, 5.41) is 14.3. The molecule has 10 aromatic rings. The van der Waals surface area contributed by atoms with Crippen LogP contribution >= 0.6 is 0 Å². The first-order chi connectivity index (χ1) is 26.3. The van der Waals surface area contributed by atoms with Crippen molar-refractivity contribution in [3.8, 4) is 34.2 Å². The predicted octanol–water partition coefficient (Wildman–Crippen LogP) is 12.3. The van der Waals surface area contributed by atoms with E-state index in [-0.39, 0.29) is 0 Å². The van der Waals surface area contributed by atoms with Gasteiger partial charge >= 0.3 is 0 Å². The maximum absolute atomic E-state index is 4.69. The van der Waals surface area contributed by atoms with Crippen LogP contribution in [-0.4, -0.2) is 19.3 Å². The number of aromatic nitrogens is 4. The fourth-order valence-electron chi connectivity index (χ4n) is 7.54. The summed E-state index contributed by atoms with van der Waals surface area (Å²) >= 11 is 0. The summed E-state index contributed by atoms with van der Waals surface area (Å²) in [6, 6.07) is 70.6. The molecule has 250 valence electrons. The van der Waals surface area contributed by atoms with Crippen molar-refractivity contribution in [2.75, 3.05) is 4.90 Å². The summed E-state index contributed by atoms with van der Waals surface area (Å²) in [6.45, 7) is 0. The molecule has 0 atom stereocenters. The standard InChI is InChI=1S/C48H33N5/c1-3-14-35(15-4-1)47-49-50-48(36-16-5-2-6-17-36)53(47)41-31-27-39(28-32-41)51(42-24-23-34-13-7-8-18-37(34)33-42)38-25-29-40(30-26-38)52-45-21-11-9-19-43(45)44-20-10-12-22-46(44)52/h1-33H. The highest BCUT2D eigenvalue weighted by Crippen LogP contribution is 2.39. The number of hydrogen-bond donors (Lipinski definition) is 0. The molecule has 0 fully saturated rings. The molecule has 0 aliphatic rings. The highest BCUT2D eigenvalue weighted by atomic mass is 15.3. The van der Waals surface area contributed by atoms with E-state index in [2.05, 4.69) is 188 Å². The lowest BCUT2D eigenvalue weighted by Crippen LogP contribution is -2.10. The predicted molar refractivity (Wildman–Crippen MR) is 219 cm³/mol. The smallest absolute Gasteiger partial charge is 0.168 e. The van der Waals surface area contributed by atoms with E-state index in [4.69, 9.17) is 0 Å². The second-order valence-corrected chi connectivity index (χ2v) is 13.2. The molecule has 10 rings (SSSR count). The lowest BCUT2D eigenvalue weighted by Gasteiger charge is -2.26. The van der Waals surface area contributed by atoms with Crippen LogP contribution in [-0.2, 0) is 0 Å². The SMILES string of the molecule is c1ccc(-c2nnc(-c3ccccc3)n2-c2ccc(N(c3ccc(-n4c5ccccc5c5ccccc54)cc3)c3ccc4ccccc4c3)cc2)cc1. The summed E-state index contributed by atoms with van der Waals surface area (Å²) < 4.78 is 4.51. The van der Waals surface area contributed by atoms with Crippen molar-refractivity contribution in [3.05, 3.63) is 200 Å². The van der Waals surface area contributed by atoms with Crippen molar-refractivity contribution in [1.29, 1.82) is 0 Å². The Labute approximate surface area is 307 Å². The van der Waals surface area contributed by atoms with Gasteiger partial charge in [-0.2, -0.15) is 0 Å². The van der Waals surface area contributed by atoms with Crippen molar-refractivity contribution < 1.29 is 0 Å². The van der Waals surface area contributed by atoms with Gasteiger partial charge in [-0.1, -0.05) is 127 Å². The number of hydrogen-bond acceptors (Lipinski definition) is 3. The molecule has 0 N–H and O–H groups in total. The van der Waals surface area contributed by atoms with Crippen LogP contribution in [0.25, 0.3) is 66.7 Å². The minimum absolute atomic E-state index is 0.796. The van der Waals surface area contributed by atoms with Gasteiger partial charge < -0.3 is 9.47 Å². The molecule has 0 spiro atoms. The first-order valence-electron chi connectivity index (χ1n) is 17.8. The number of benzene rings is 8. The summed E-state index contributed by atoms with van der Waals surface area (Å²) in [7, 11) is 0. The minimum Gasteiger partial charge on any atom is -0.310 e. The molecular formula is C48H33N5. The maximum Gasteiger partial charge on any atom is 0.168 e. The van der Waals surface area contributed by atoms with E-state index in [0.29, 0.717) is 0 Å². The van der Waals surface area contributed by atoms with E-state index in [0.717, 1.165) is 51.2 Å². The molecule has 5 nitrogen and oxygen atoms in total. The van der Waals surface area contributed by atoms with Gasteiger partial charge in [0.15, 0.2) is 11.6 Å². The molecule has 0 bridgehead atoms. The Morgan fingerprint density at radius 1 is 0.340 bits per heavy atom. The number of rotatable bonds is 7. The summed E-state index contributed by atoms with van der Waals surface area (Å²) in [6.07, 6.45) is 0. The molecule has 0 aliphatic carbocycles. The van der Waals surface area contributed by atoms with Crippen molar-refractivity contribution in [2.24, 2.45) is 0 Å². The number of fused-ring (bicyclic) bond motifs is 4. The molecule has 2 aromatic heterocycles. The topological polar surface area (TPSA) is 38.9 Å². The lowest BCUT2D eigenvalue weighted by atomic mass is 10.1. The Bertz CT molecular complexity index is 2760. The average Bonchev–Trinajstić information content (AvgIpc) is 3.83. The van der Waals surface area contributed by atoms with Gasteiger partial charge in [0.25, 0.3) is 0 Å². The third kappa shape index (κ3) is 5.34. The largest absolute Gasteiger partial charge is 0.310 e. The van der Waals surface area contributed by atoms with Crippen LogP contribution < -0.4 is 4.90 Å². The van der Waals surface area contributed by atoms with E-state index in [9.17, 15) is 0 Å². The van der Waals surface area contributed by atoms with Gasteiger partial charge in [0.05, 0.1) is 11.0 Å². The molecule has 2 heterocycles. The quantitative estimate of drug-likeness (QED) is 0.168. The molecule has 5 heteroatoms. The molecular weight excluding hydrogens is 647 g/mol. The van der Waals surface area contributed by atoms with Crippen molar-refractivity contribution in [3.63, 3.8) is 0 Å². The van der Waals surface area contributed by atoms with E-state index >= 15 is 0 Å². The van der Waals surface area contributed by atoms with Crippen molar-refractivity contribution in [1.82, 2.24) is 19.3 Å². The maximum atomic E-state index is 4.69. The van der Waals surface area contributed by atoms with Crippen molar-refractivity contribution in [2.45, 2.75) is 0 Å². The third-order valence-corrected chi connectivity index (χ3v) is 10.0. The minimum atomic E-state index is 0.796. The Hall–Kier alpha value is -7.24. The van der Waals surface area contributed by atoms with Crippen LogP contribution in [0.1, 0.15) is 0 Å². The molecule has 0 unspecified atom stereocenters. The molecule has 0 amide bonds. The van der Waals surface area contributed by atoms with Crippen LogP contribution in [0.15, 0.2) is 200 Å². The van der Waals surface area contributed by atoms with Crippen LogP contribution in [0.4, 0.5) is 17.1 Å². The molecule has 0 radical (unpaired) electrons. The average molecular weight is 680 g/mol. The Balaban J connectivity index is 1.10. The zero-order chi connectivity index (χ0) is 35.1. The summed E-state index contributed by atoms with van der Waals surface area (Å²) in [5.74, 6) is 1.59. The van der Waals surface area contributed by atoms with Gasteiger partial charge in [-0.3, -0.25) is 4.57 Å². The fraction of sp³-hybridized carbons (Fsp3) is 0. The van der Waals surface area contributed by atoms with Crippen LogP contribution in [0.3, 0.4) is 0 Å². The van der Waals surface area contributed by atoms with E-state index in [1.165, 1.54) is 32.6 Å². The van der Waals surface area contributed by atoms with E-state index in [1.54, 1.807) is 0 Å². The fourth-order valence-corrected chi connectivity index (χ4v) is 7.54. The zero-order valence-corrected chi connectivity index (χ0v) is 28.8. The monoisotopic (exact) mass is 679 g/mol. The highest BCUT2D eigenvalue weighted by molar-refractivity contribution is 6.09. The third-order valence-electron chi connectivity index (χ3n) is 10.0. The molecule has 0 saturated heterocycles. The first kappa shape index (κ1) is 30.6. The van der Waals surface area contributed by atoms with Crippen LogP contribution in [0, 0.1) is 0 Å². The zero-order valence-electron chi connectivity index (χ0n) is 28.8. The van der Waals surface area contributed by atoms with Crippen LogP contribution in [0.2, 0.25) is 0 Å². The van der Waals surface area contributed by atoms with Gasteiger partial charge in [-0.15, -0.1) is 10.2 Å². The summed E-state index contributed by atoms with van der Waals surface area (Å²) in [5.41, 5.74) is 9.71. The van der Waals surface area contributed by atoms with Crippen molar-refractivity contribution >= 4 is 49.6 Å². The Morgan fingerprint density at radius 3 is 1.32 bits per heavy atom. The molecule has 53 heavy (non-hydrogen) atoms. The van der Waals surface area contributed by atoms with Gasteiger partial charge in [-0.25, -0.2) is 0 Å². The number of anilines is 3. The Kier molecular flexibility index (Phi) is 7.40. The molecule has 0 aliphatic heterocycles. The molecule has 8 aromatic carbocycles. The van der Waals surface area contributed by atoms with Gasteiger partial charge in [-0.05, 0) is 83.6 Å². The van der Waals surface area contributed by atoms with E-state index < -0.39 is 0 Å².